The van der Waals surface area contributed by atoms with Crippen molar-refractivity contribution in [1.82, 2.24) is 10.6 Å². The molecule has 114 valence electrons. The summed E-state index contributed by atoms with van der Waals surface area (Å²) >= 11 is 0. The Hall–Kier alpha value is -1.92. The molecule has 0 spiro atoms. The number of hydrogen-bond acceptors (Lipinski definition) is 4. The quantitative estimate of drug-likeness (QED) is 0.744. The Labute approximate surface area is 123 Å². The van der Waals surface area contributed by atoms with Crippen molar-refractivity contribution >= 4 is 11.8 Å². The summed E-state index contributed by atoms with van der Waals surface area (Å²) in [6.45, 7) is 1.01. The lowest BCUT2D eigenvalue weighted by Crippen LogP contribution is -2.52. The first-order valence-corrected chi connectivity index (χ1v) is 6.95. The predicted molar refractivity (Wildman–Crippen MR) is 76.6 cm³/mol. The van der Waals surface area contributed by atoms with E-state index in [1.165, 1.54) is 0 Å². The minimum atomic E-state index is -0.715. The molecule has 0 aliphatic carbocycles. The molecule has 0 radical (unpaired) electrons. The molecule has 1 aliphatic heterocycles. The number of rotatable bonds is 6. The molecule has 1 aliphatic rings. The molecular formula is C15H20N2O4. The van der Waals surface area contributed by atoms with Gasteiger partial charge < -0.3 is 20.1 Å². The first-order valence-electron chi connectivity index (χ1n) is 6.95. The van der Waals surface area contributed by atoms with Gasteiger partial charge in [0.25, 0.3) is 5.91 Å². The molecule has 6 nitrogen and oxygen atoms in total. The van der Waals surface area contributed by atoms with Crippen LogP contribution < -0.4 is 10.6 Å². The summed E-state index contributed by atoms with van der Waals surface area (Å²) in [7, 11) is 1.62. The van der Waals surface area contributed by atoms with Gasteiger partial charge in [0.1, 0.15) is 6.61 Å². The smallest absolute Gasteiger partial charge is 0.251 e. The molecule has 6 heteroatoms. The zero-order valence-electron chi connectivity index (χ0n) is 12.0. The van der Waals surface area contributed by atoms with Crippen LogP contribution in [0.4, 0.5) is 0 Å². The van der Waals surface area contributed by atoms with Crippen molar-refractivity contribution in [3.8, 4) is 0 Å². The van der Waals surface area contributed by atoms with Gasteiger partial charge >= 0.3 is 0 Å². The number of carbonyl (C=O) groups excluding carboxylic acids is 2. The standard InChI is InChI=1S/C15H20N2O4/c1-20-9-5-8-16-15(19)14-13(17-12(18)10-21-14)11-6-3-2-4-7-11/h2-4,6-7,13-14H,5,8-10H2,1H3,(H,16,19)(H,17,18)/t13-,14+/m1/s1. The fourth-order valence-electron chi connectivity index (χ4n) is 2.23. The number of morpholine rings is 1. The van der Waals surface area contributed by atoms with Crippen LogP contribution in [0.25, 0.3) is 0 Å². The van der Waals surface area contributed by atoms with Gasteiger partial charge in [-0.05, 0) is 12.0 Å². The van der Waals surface area contributed by atoms with E-state index in [0.717, 1.165) is 12.0 Å². The van der Waals surface area contributed by atoms with E-state index in [2.05, 4.69) is 10.6 Å². The molecule has 1 aromatic carbocycles. The molecule has 1 heterocycles. The van der Waals surface area contributed by atoms with Crippen LogP contribution in [-0.2, 0) is 19.1 Å². The molecule has 0 unspecified atom stereocenters. The zero-order valence-corrected chi connectivity index (χ0v) is 12.0. The minimum absolute atomic E-state index is 0.0977. The third kappa shape index (κ3) is 4.27. The molecule has 1 fully saturated rings. The molecular weight excluding hydrogens is 272 g/mol. The first-order chi connectivity index (χ1) is 10.2. The SMILES string of the molecule is COCCCNC(=O)[C@H]1OCC(=O)N[C@@H]1c1ccccc1. The summed E-state index contributed by atoms with van der Waals surface area (Å²) in [6.07, 6.45) is 0.0183. The largest absolute Gasteiger partial charge is 0.385 e. The van der Waals surface area contributed by atoms with Gasteiger partial charge in [-0.2, -0.15) is 0 Å². The molecule has 0 aromatic heterocycles. The molecule has 21 heavy (non-hydrogen) atoms. The maximum absolute atomic E-state index is 12.2. The van der Waals surface area contributed by atoms with Crippen LogP contribution in [0.2, 0.25) is 0 Å². The third-order valence-corrected chi connectivity index (χ3v) is 3.25. The summed E-state index contributed by atoms with van der Waals surface area (Å²) < 4.78 is 10.4. The van der Waals surface area contributed by atoms with E-state index in [-0.39, 0.29) is 18.4 Å². The van der Waals surface area contributed by atoms with Crippen LogP contribution in [0, 0.1) is 0 Å². The topological polar surface area (TPSA) is 76.7 Å². The van der Waals surface area contributed by atoms with Gasteiger partial charge in [-0.15, -0.1) is 0 Å². The highest BCUT2D eigenvalue weighted by Crippen LogP contribution is 2.22. The average Bonchev–Trinajstić information content (AvgIpc) is 2.52. The Morgan fingerprint density at radius 3 is 2.90 bits per heavy atom. The van der Waals surface area contributed by atoms with Gasteiger partial charge in [0.2, 0.25) is 5.91 Å². The maximum atomic E-state index is 12.2. The van der Waals surface area contributed by atoms with Gasteiger partial charge in [-0.25, -0.2) is 0 Å². The minimum Gasteiger partial charge on any atom is -0.385 e. The van der Waals surface area contributed by atoms with Crippen molar-refractivity contribution < 1.29 is 19.1 Å². The molecule has 1 saturated heterocycles. The second-order valence-electron chi connectivity index (χ2n) is 4.82. The van der Waals surface area contributed by atoms with Gasteiger partial charge in [0, 0.05) is 20.3 Å². The fourth-order valence-corrected chi connectivity index (χ4v) is 2.23. The summed E-state index contributed by atoms with van der Waals surface area (Å²) in [6, 6.07) is 8.88. The second-order valence-corrected chi connectivity index (χ2v) is 4.82. The molecule has 2 rings (SSSR count). The lowest BCUT2D eigenvalue weighted by atomic mass is 9.99. The highest BCUT2D eigenvalue weighted by Gasteiger charge is 2.35. The number of benzene rings is 1. The average molecular weight is 292 g/mol. The Morgan fingerprint density at radius 1 is 1.43 bits per heavy atom. The summed E-state index contributed by atoms with van der Waals surface area (Å²) in [5.74, 6) is -0.438. The molecule has 0 bridgehead atoms. The van der Waals surface area contributed by atoms with Crippen LogP contribution >= 0.6 is 0 Å². The molecule has 2 atom stereocenters. The highest BCUT2D eigenvalue weighted by molar-refractivity contribution is 5.86. The van der Waals surface area contributed by atoms with Crippen molar-refractivity contribution in [3.63, 3.8) is 0 Å². The Morgan fingerprint density at radius 2 is 2.19 bits per heavy atom. The van der Waals surface area contributed by atoms with Crippen molar-refractivity contribution in [2.24, 2.45) is 0 Å². The normalized spacial score (nSPS) is 21.7. The van der Waals surface area contributed by atoms with Crippen LogP contribution in [0.3, 0.4) is 0 Å². The van der Waals surface area contributed by atoms with E-state index >= 15 is 0 Å². The lowest BCUT2D eigenvalue weighted by molar-refractivity contribution is -0.148. The lowest BCUT2D eigenvalue weighted by Gasteiger charge is -2.31. The van der Waals surface area contributed by atoms with E-state index in [1.807, 2.05) is 30.3 Å². The van der Waals surface area contributed by atoms with Gasteiger partial charge in [-0.1, -0.05) is 30.3 Å². The second kappa shape index (κ2) is 7.75. The number of hydrogen-bond donors (Lipinski definition) is 2. The number of ether oxygens (including phenoxy) is 2. The number of methoxy groups -OCH3 is 1. The van der Waals surface area contributed by atoms with E-state index in [0.29, 0.717) is 13.2 Å². The van der Waals surface area contributed by atoms with Gasteiger partial charge in [0.05, 0.1) is 6.04 Å². The van der Waals surface area contributed by atoms with Crippen LogP contribution in [0.1, 0.15) is 18.0 Å². The van der Waals surface area contributed by atoms with E-state index in [1.54, 1.807) is 7.11 Å². The van der Waals surface area contributed by atoms with Crippen molar-refractivity contribution in [2.45, 2.75) is 18.6 Å². The molecule has 2 N–H and O–H groups in total. The molecule has 2 amide bonds. The predicted octanol–water partition coefficient (Wildman–Crippen LogP) is 0.395. The van der Waals surface area contributed by atoms with E-state index < -0.39 is 12.1 Å². The van der Waals surface area contributed by atoms with Crippen molar-refractivity contribution in [1.29, 1.82) is 0 Å². The monoisotopic (exact) mass is 292 g/mol. The Kier molecular flexibility index (Phi) is 5.71. The van der Waals surface area contributed by atoms with Crippen LogP contribution in [0.5, 0.6) is 0 Å². The van der Waals surface area contributed by atoms with Crippen LogP contribution in [0.15, 0.2) is 30.3 Å². The van der Waals surface area contributed by atoms with Gasteiger partial charge in [-0.3, -0.25) is 9.59 Å². The molecule has 0 saturated carbocycles. The van der Waals surface area contributed by atoms with Crippen LogP contribution in [-0.4, -0.2) is 44.8 Å². The summed E-state index contributed by atoms with van der Waals surface area (Å²) in [5, 5.41) is 5.62. The Balaban J connectivity index is 2.01. The highest BCUT2D eigenvalue weighted by atomic mass is 16.5. The first kappa shape index (κ1) is 15.5. The van der Waals surface area contributed by atoms with E-state index in [9.17, 15) is 9.59 Å². The van der Waals surface area contributed by atoms with E-state index in [4.69, 9.17) is 9.47 Å². The molecule has 1 aromatic rings. The van der Waals surface area contributed by atoms with Gasteiger partial charge in [0.15, 0.2) is 6.10 Å². The number of nitrogens with one attached hydrogen (secondary N) is 2. The number of amides is 2. The summed E-state index contributed by atoms with van der Waals surface area (Å²) in [5.41, 5.74) is 0.850. The number of carbonyl (C=O) groups is 2. The Bertz CT molecular complexity index is 478. The van der Waals surface area contributed by atoms with Crippen molar-refractivity contribution in [3.05, 3.63) is 35.9 Å². The third-order valence-electron chi connectivity index (χ3n) is 3.25. The maximum Gasteiger partial charge on any atom is 0.251 e. The van der Waals surface area contributed by atoms with Crippen molar-refractivity contribution in [2.75, 3.05) is 26.9 Å². The fraction of sp³-hybridized carbons (Fsp3) is 0.467. The zero-order chi connectivity index (χ0) is 15.1. The summed E-state index contributed by atoms with van der Waals surface area (Å²) in [4.78, 5) is 23.8.